The molecule has 2 aromatic carbocycles. The molecule has 4 rings (SSSR count). The molecule has 0 bridgehead atoms. The third kappa shape index (κ3) is 4.73. The zero-order valence-electron chi connectivity index (χ0n) is 16.4. The average molecular weight is 448 g/mol. The first kappa shape index (κ1) is 21.0. The van der Waals surface area contributed by atoms with E-state index in [9.17, 15) is 13.5 Å². The minimum Gasteiger partial charge on any atom is -0.392 e. The van der Waals surface area contributed by atoms with Crippen molar-refractivity contribution in [2.45, 2.75) is 42.7 Å². The topological polar surface area (TPSA) is 96.5 Å². The van der Waals surface area contributed by atoms with Crippen LogP contribution in [0.4, 0.5) is 0 Å². The summed E-state index contributed by atoms with van der Waals surface area (Å²) in [5.41, 5.74) is 2.02. The fourth-order valence-electron chi connectivity index (χ4n) is 3.60. The highest BCUT2D eigenvalue weighted by Gasteiger charge is 2.36. The van der Waals surface area contributed by atoms with E-state index in [1.54, 1.807) is 24.3 Å². The second-order valence-corrected chi connectivity index (χ2v) is 10.0. The van der Waals surface area contributed by atoms with Crippen molar-refractivity contribution < 1.29 is 18.0 Å². The van der Waals surface area contributed by atoms with Gasteiger partial charge in [-0.2, -0.15) is 4.98 Å². The number of likely N-dealkylation sites (tertiary alicyclic amines) is 1. The van der Waals surface area contributed by atoms with E-state index >= 15 is 0 Å². The number of benzene rings is 2. The Bertz CT molecular complexity index is 1110. The first-order chi connectivity index (χ1) is 14.3. The van der Waals surface area contributed by atoms with Gasteiger partial charge in [0.15, 0.2) is 15.7 Å². The number of aliphatic hydroxyl groups is 1. The summed E-state index contributed by atoms with van der Waals surface area (Å²) >= 11 is 5.95. The SMILES string of the molecule is Cc1ccc(S(=O)(=O)Cc2noc([C@@H]3C[C@@H](O)CN3Cc3ccc(Cl)cc3)n2)cc1. The van der Waals surface area contributed by atoms with Gasteiger partial charge in [-0.1, -0.05) is 46.6 Å². The summed E-state index contributed by atoms with van der Waals surface area (Å²) in [5, 5.41) is 14.7. The number of hydrogen-bond acceptors (Lipinski definition) is 7. The highest BCUT2D eigenvalue weighted by atomic mass is 35.5. The number of hydrogen-bond donors (Lipinski definition) is 1. The molecule has 1 fully saturated rings. The van der Waals surface area contributed by atoms with Gasteiger partial charge in [0.2, 0.25) is 5.89 Å². The summed E-state index contributed by atoms with van der Waals surface area (Å²) < 4.78 is 30.7. The highest BCUT2D eigenvalue weighted by molar-refractivity contribution is 7.90. The Morgan fingerprint density at radius 3 is 2.57 bits per heavy atom. The van der Waals surface area contributed by atoms with Crippen LogP contribution >= 0.6 is 11.6 Å². The third-order valence-corrected chi connectivity index (χ3v) is 7.03. The first-order valence-electron chi connectivity index (χ1n) is 9.58. The molecule has 30 heavy (non-hydrogen) atoms. The van der Waals surface area contributed by atoms with Gasteiger partial charge in [0, 0.05) is 18.1 Å². The van der Waals surface area contributed by atoms with Gasteiger partial charge in [-0.15, -0.1) is 0 Å². The van der Waals surface area contributed by atoms with E-state index in [0.717, 1.165) is 11.1 Å². The van der Waals surface area contributed by atoms with E-state index < -0.39 is 15.9 Å². The summed E-state index contributed by atoms with van der Waals surface area (Å²) in [4.78, 5) is 6.59. The van der Waals surface area contributed by atoms with Crippen molar-refractivity contribution in [2.24, 2.45) is 0 Å². The number of sulfone groups is 1. The number of nitrogens with zero attached hydrogens (tertiary/aromatic N) is 3. The smallest absolute Gasteiger partial charge is 0.244 e. The summed E-state index contributed by atoms with van der Waals surface area (Å²) in [5.74, 6) is 0.0828. The van der Waals surface area contributed by atoms with E-state index in [-0.39, 0.29) is 22.5 Å². The van der Waals surface area contributed by atoms with Crippen molar-refractivity contribution in [1.29, 1.82) is 0 Å². The molecule has 1 N–H and O–H groups in total. The predicted octanol–water partition coefficient (Wildman–Crippen LogP) is 3.31. The Morgan fingerprint density at radius 2 is 1.87 bits per heavy atom. The van der Waals surface area contributed by atoms with Crippen LogP contribution in [0.25, 0.3) is 0 Å². The summed E-state index contributed by atoms with van der Waals surface area (Å²) in [7, 11) is -3.58. The van der Waals surface area contributed by atoms with Crippen molar-refractivity contribution in [3.63, 3.8) is 0 Å². The van der Waals surface area contributed by atoms with Gasteiger partial charge in [-0.05, 0) is 43.2 Å². The maximum atomic E-state index is 12.6. The molecule has 9 heteroatoms. The van der Waals surface area contributed by atoms with Crippen LogP contribution in [0.15, 0.2) is 57.9 Å². The zero-order valence-corrected chi connectivity index (χ0v) is 18.0. The maximum absolute atomic E-state index is 12.6. The lowest BCUT2D eigenvalue weighted by Crippen LogP contribution is -2.24. The first-order valence-corrected chi connectivity index (χ1v) is 11.6. The standard InChI is InChI=1S/C21H22ClN3O4S/c1-14-2-8-18(9-3-14)30(27,28)13-20-23-21(29-24-20)19-10-17(26)12-25(19)11-15-4-6-16(22)7-5-15/h2-9,17,19,26H,10-13H2,1H3/t17-,19+/m1/s1. The lowest BCUT2D eigenvalue weighted by molar-refractivity contribution is 0.169. The van der Waals surface area contributed by atoms with E-state index in [4.69, 9.17) is 16.1 Å². The van der Waals surface area contributed by atoms with Crippen LogP contribution in [0.1, 0.15) is 35.3 Å². The van der Waals surface area contributed by atoms with Crippen LogP contribution in [-0.4, -0.2) is 41.2 Å². The maximum Gasteiger partial charge on any atom is 0.244 e. The molecule has 0 spiro atoms. The minimum atomic E-state index is -3.58. The van der Waals surface area contributed by atoms with Crippen LogP contribution in [0.3, 0.4) is 0 Å². The Kier molecular flexibility index (Phi) is 5.92. The molecule has 0 unspecified atom stereocenters. The molecule has 2 atom stereocenters. The monoisotopic (exact) mass is 447 g/mol. The Morgan fingerprint density at radius 1 is 1.17 bits per heavy atom. The van der Waals surface area contributed by atoms with Crippen LogP contribution in [0.2, 0.25) is 5.02 Å². The van der Waals surface area contributed by atoms with Gasteiger partial charge in [-0.25, -0.2) is 8.42 Å². The molecule has 0 amide bonds. The fraction of sp³-hybridized carbons (Fsp3) is 0.333. The van der Waals surface area contributed by atoms with Crippen molar-refractivity contribution in [3.05, 3.63) is 76.4 Å². The Hall–Kier alpha value is -2.26. The van der Waals surface area contributed by atoms with E-state index in [2.05, 4.69) is 10.1 Å². The third-order valence-electron chi connectivity index (χ3n) is 5.15. The highest BCUT2D eigenvalue weighted by Crippen LogP contribution is 2.33. The molecule has 2 heterocycles. The Labute approximate surface area is 180 Å². The molecule has 1 aromatic heterocycles. The minimum absolute atomic E-state index is 0.110. The van der Waals surface area contributed by atoms with Crippen LogP contribution in [0.5, 0.6) is 0 Å². The van der Waals surface area contributed by atoms with E-state index in [1.807, 2.05) is 36.1 Å². The Balaban J connectivity index is 1.50. The molecular weight excluding hydrogens is 426 g/mol. The van der Waals surface area contributed by atoms with Gasteiger partial charge in [-0.3, -0.25) is 4.90 Å². The molecule has 1 aliphatic rings. The molecule has 1 aliphatic heterocycles. The number of halogens is 1. The molecular formula is C21H22ClN3O4S. The van der Waals surface area contributed by atoms with Crippen LogP contribution in [0, 0.1) is 6.92 Å². The van der Waals surface area contributed by atoms with Gasteiger partial charge < -0.3 is 9.63 Å². The normalized spacial score (nSPS) is 20.0. The second-order valence-electron chi connectivity index (χ2n) is 7.58. The zero-order chi connectivity index (χ0) is 21.3. The largest absolute Gasteiger partial charge is 0.392 e. The fourth-order valence-corrected chi connectivity index (χ4v) is 4.90. The van der Waals surface area contributed by atoms with Crippen molar-refractivity contribution in [2.75, 3.05) is 6.54 Å². The molecule has 158 valence electrons. The van der Waals surface area contributed by atoms with Crippen LogP contribution < -0.4 is 0 Å². The number of aryl methyl sites for hydroxylation is 1. The second kappa shape index (κ2) is 8.47. The quantitative estimate of drug-likeness (QED) is 0.619. The van der Waals surface area contributed by atoms with Crippen molar-refractivity contribution in [1.82, 2.24) is 15.0 Å². The lowest BCUT2D eigenvalue weighted by atomic mass is 10.1. The van der Waals surface area contributed by atoms with Gasteiger partial charge >= 0.3 is 0 Å². The number of rotatable bonds is 6. The van der Waals surface area contributed by atoms with E-state index in [1.165, 1.54) is 0 Å². The number of β-amino-alcohol motifs (C(OH)–C–C–N with tert-alkyl or cyclic N) is 1. The molecule has 0 aliphatic carbocycles. The summed E-state index contributed by atoms with van der Waals surface area (Å²) in [6, 6.07) is 13.9. The number of aliphatic hydroxyl groups excluding tert-OH is 1. The summed E-state index contributed by atoms with van der Waals surface area (Å²) in [6.07, 6.45) is -0.0751. The van der Waals surface area contributed by atoms with Crippen molar-refractivity contribution in [3.8, 4) is 0 Å². The molecule has 0 radical (unpaired) electrons. The van der Waals surface area contributed by atoms with Gasteiger partial charge in [0.1, 0.15) is 5.75 Å². The molecule has 7 nitrogen and oxygen atoms in total. The van der Waals surface area contributed by atoms with E-state index in [0.29, 0.717) is 30.4 Å². The molecule has 1 saturated heterocycles. The lowest BCUT2D eigenvalue weighted by Gasteiger charge is -2.21. The van der Waals surface area contributed by atoms with Gasteiger partial charge in [0.25, 0.3) is 0 Å². The summed E-state index contributed by atoms with van der Waals surface area (Å²) in [6.45, 7) is 2.94. The van der Waals surface area contributed by atoms with Crippen LogP contribution in [-0.2, 0) is 22.1 Å². The molecule has 0 saturated carbocycles. The number of aromatic nitrogens is 2. The van der Waals surface area contributed by atoms with Crippen molar-refractivity contribution >= 4 is 21.4 Å². The average Bonchev–Trinajstić information content (AvgIpc) is 3.29. The molecule has 3 aromatic rings. The predicted molar refractivity (Wildman–Crippen MR) is 112 cm³/mol. The van der Waals surface area contributed by atoms with Gasteiger partial charge in [0.05, 0.1) is 17.0 Å².